The summed E-state index contributed by atoms with van der Waals surface area (Å²) in [4.78, 5) is 12.6. The lowest BCUT2D eigenvalue weighted by Gasteiger charge is -2.28. The summed E-state index contributed by atoms with van der Waals surface area (Å²) in [7, 11) is 0. The number of benzene rings is 1. The Hall–Kier alpha value is -1.84. The minimum Gasteiger partial charge on any atom is -0.490 e. The molecule has 1 fully saturated rings. The zero-order chi connectivity index (χ0) is 22.1. The molecule has 0 aliphatic heterocycles. The highest BCUT2D eigenvalue weighted by Gasteiger charge is 2.25. The van der Waals surface area contributed by atoms with Crippen molar-refractivity contribution in [2.75, 3.05) is 6.61 Å². The predicted octanol–water partition coefficient (Wildman–Crippen LogP) is 8.14. The van der Waals surface area contributed by atoms with Gasteiger partial charge < -0.3 is 9.15 Å². The van der Waals surface area contributed by atoms with E-state index in [-0.39, 0.29) is 17.1 Å². The summed E-state index contributed by atoms with van der Waals surface area (Å²) in [5, 5.41) is 0.621. The van der Waals surface area contributed by atoms with Crippen molar-refractivity contribution < 1.29 is 13.5 Å². The lowest BCUT2D eigenvalue weighted by Crippen LogP contribution is -2.15. The molecule has 0 unspecified atom stereocenters. The molecule has 1 aromatic heterocycles. The average Bonchev–Trinajstić information content (AvgIpc) is 2.78. The SMILES string of the molecule is CCCCCCCCC1CCC(c2cc3ccc(OCCCC)c(F)c3c(=O)o2)CC1. The number of ether oxygens (including phenoxy) is 1. The van der Waals surface area contributed by atoms with E-state index in [9.17, 15) is 9.18 Å². The predicted molar refractivity (Wildman–Crippen MR) is 126 cm³/mol. The Morgan fingerprint density at radius 1 is 0.968 bits per heavy atom. The molecule has 4 heteroatoms. The lowest BCUT2D eigenvalue weighted by atomic mass is 9.78. The highest BCUT2D eigenvalue weighted by Crippen LogP contribution is 2.38. The Kier molecular flexibility index (Phi) is 9.42. The molecule has 1 aliphatic rings. The fourth-order valence-corrected chi connectivity index (χ4v) is 4.83. The molecule has 0 radical (unpaired) electrons. The van der Waals surface area contributed by atoms with Gasteiger partial charge in [0.15, 0.2) is 11.6 Å². The molecule has 0 spiro atoms. The minimum atomic E-state index is -0.600. The molecule has 0 bridgehead atoms. The topological polar surface area (TPSA) is 39.4 Å². The van der Waals surface area contributed by atoms with Crippen LogP contribution in [-0.4, -0.2) is 6.61 Å². The van der Waals surface area contributed by atoms with Crippen LogP contribution in [-0.2, 0) is 0 Å². The van der Waals surface area contributed by atoms with Gasteiger partial charge in [0, 0.05) is 5.92 Å². The highest BCUT2D eigenvalue weighted by molar-refractivity contribution is 5.83. The first kappa shape index (κ1) is 23.8. The fraction of sp³-hybridized carbons (Fsp3) is 0.667. The van der Waals surface area contributed by atoms with Crippen molar-refractivity contribution in [3.8, 4) is 5.75 Å². The molecule has 1 aliphatic carbocycles. The van der Waals surface area contributed by atoms with E-state index in [1.165, 1.54) is 57.8 Å². The lowest BCUT2D eigenvalue weighted by molar-refractivity contribution is 0.275. The summed E-state index contributed by atoms with van der Waals surface area (Å²) in [5.74, 6) is 1.32. The maximum Gasteiger partial charge on any atom is 0.346 e. The van der Waals surface area contributed by atoms with E-state index in [2.05, 4.69) is 13.8 Å². The van der Waals surface area contributed by atoms with Crippen LogP contribution in [0.4, 0.5) is 4.39 Å². The molecule has 1 saturated carbocycles. The molecular formula is C27H39FO3. The van der Waals surface area contributed by atoms with Crippen molar-refractivity contribution in [2.24, 2.45) is 5.92 Å². The van der Waals surface area contributed by atoms with E-state index in [1.54, 1.807) is 12.1 Å². The zero-order valence-electron chi connectivity index (χ0n) is 19.4. The second-order valence-corrected chi connectivity index (χ2v) is 9.25. The fourth-order valence-electron chi connectivity index (χ4n) is 4.83. The third-order valence-electron chi connectivity index (χ3n) is 6.82. The second-order valence-electron chi connectivity index (χ2n) is 9.25. The van der Waals surface area contributed by atoms with Crippen LogP contribution < -0.4 is 10.4 Å². The number of unbranched alkanes of at least 4 members (excludes halogenated alkanes) is 6. The van der Waals surface area contributed by atoms with Gasteiger partial charge in [0.1, 0.15) is 11.1 Å². The molecule has 0 amide bonds. The van der Waals surface area contributed by atoms with Crippen molar-refractivity contribution in [1.82, 2.24) is 0 Å². The Bertz CT molecular complexity index is 865. The van der Waals surface area contributed by atoms with Crippen LogP contribution in [0.2, 0.25) is 0 Å². The number of halogens is 1. The standard InChI is InChI=1S/C27H39FO3/c1-3-5-7-8-9-10-11-20-12-14-21(15-13-20)24-19-22-16-17-23(30-18-6-4-2)26(28)25(22)27(29)31-24/h16-17,19-21H,3-15,18H2,1-2H3. The molecule has 1 heterocycles. The van der Waals surface area contributed by atoms with Gasteiger partial charge in [0.05, 0.1) is 6.61 Å². The molecule has 2 aromatic rings. The monoisotopic (exact) mass is 430 g/mol. The summed E-state index contributed by atoms with van der Waals surface area (Å²) in [6.45, 7) is 4.76. The van der Waals surface area contributed by atoms with Gasteiger partial charge in [0.25, 0.3) is 0 Å². The van der Waals surface area contributed by atoms with Crippen LogP contribution in [0.25, 0.3) is 10.8 Å². The first-order valence-corrected chi connectivity index (χ1v) is 12.5. The van der Waals surface area contributed by atoms with Crippen LogP contribution in [0.1, 0.15) is 109 Å². The molecule has 0 atom stereocenters. The van der Waals surface area contributed by atoms with Gasteiger partial charge in [-0.15, -0.1) is 0 Å². The summed E-state index contributed by atoms with van der Waals surface area (Å²) in [6, 6.07) is 5.28. The van der Waals surface area contributed by atoms with E-state index < -0.39 is 11.4 Å². The quantitative estimate of drug-likeness (QED) is 0.319. The Labute approximate surface area is 186 Å². The highest BCUT2D eigenvalue weighted by atomic mass is 19.1. The summed E-state index contributed by atoms with van der Waals surface area (Å²) < 4.78 is 25.9. The van der Waals surface area contributed by atoms with Gasteiger partial charge in [0.2, 0.25) is 0 Å². The van der Waals surface area contributed by atoms with Gasteiger partial charge in [-0.05, 0) is 55.5 Å². The minimum absolute atomic E-state index is 0.00880. The third kappa shape index (κ3) is 6.57. The maximum atomic E-state index is 14.8. The molecule has 31 heavy (non-hydrogen) atoms. The number of hydrogen-bond acceptors (Lipinski definition) is 3. The average molecular weight is 431 g/mol. The zero-order valence-corrected chi connectivity index (χ0v) is 19.4. The Balaban J connectivity index is 1.57. The van der Waals surface area contributed by atoms with Gasteiger partial charge in [-0.3, -0.25) is 0 Å². The Morgan fingerprint density at radius 3 is 2.42 bits per heavy atom. The van der Waals surface area contributed by atoms with Crippen LogP contribution in [0, 0.1) is 11.7 Å². The van der Waals surface area contributed by atoms with E-state index >= 15 is 0 Å². The largest absolute Gasteiger partial charge is 0.490 e. The molecule has 3 nitrogen and oxygen atoms in total. The number of hydrogen-bond donors (Lipinski definition) is 0. The first-order valence-electron chi connectivity index (χ1n) is 12.5. The molecule has 172 valence electrons. The van der Waals surface area contributed by atoms with E-state index in [0.29, 0.717) is 12.0 Å². The smallest absolute Gasteiger partial charge is 0.346 e. The Morgan fingerprint density at radius 2 is 1.68 bits per heavy atom. The van der Waals surface area contributed by atoms with Gasteiger partial charge in [-0.2, -0.15) is 0 Å². The molecule has 3 rings (SSSR count). The molecule has 0 saturated heterocycles. The molecule has 0 N–H and O–H groups in total. The maximum absolute atomic E-state index is 14.8. The van der Waals surface area contributed by atoms with Crippen molar-refractivity contribution in [1.29, 1.82) is 0 Å². The second kappa shape index (κ2) is 12.3. The van der Waals surface area contributed by atoms with Gasteiger partial charge in [-0.25, -0.2) is 9.18 Å². The van der Waals surface area contributed by atoms with Crippen LogP contribution in [0.15, 0.2) is 27.4 Å². The molecule has 1 aromatic carbocycles. The summed E-state index contributed by atoms with van der Waals surface area (Å²) in [5.41, 5.74) is -0.583. The van der Waals surface area contributed by atoms with Gasteiger partial charge in [-0.1, -0.05) is 71.3 Å². The van der Waals surface area contributed by atoms with E-state index in [1.807, 2.05) is 6.07 Å². The van der Waals surface area contributed by atoms with Crippen LogP contribution in [0.5, 0.6) is 5.75 Å². The van der Waals surface area contributed by atoms with Crippen molar-refractivity contribution in [3.63, 3.8) is 0 Å². The normalized spacial score (nSPS) is 19.1. The summed E-state index contributed by atoms with van der Waals surface area (Å²) in [6.07, 6.45) is 15.7. The number of rotatable bonds is 12. The van der Waals surface area contributed by atoms with Crippen LogP contribution >= 0.6 is 0 Å². The van der Waals surface area contributed by atoms with E-state index in [4.69, 9.17) is 9.15 Å². The number of fused-ring (bicyclic) bond motifs is 1. The first-order chi connectivity index (χ1) is 15.1. The van der Waals surface area contributed by atoms with Crippen molar-refractivity contribution in [2.45, 2.75) is 103 Å². The summed E-state index contributed by atoms with van der Waals surface area (Å²) >= 11 is 0. The van der Waals surface area contributed by atoms with Crippen LogP contribution in [0.3, 0.4) is 0 Å². The molecular weight excluding hydrogens is 391 g/mol. The van der Waals surface area contributed by atoms with Crippen molar-refractivity contribution >= 4 is 10.8 Å². The van der Waals surface area contributed by atoms with Crippen molar-refractivity contribution in [3.05, 3.63) is 40.2 Å². The third-order valence-corrected chi connectivity index (χ3v) is 6.82. The van der Waals surface area contributed by atoms with Gasteiger partial charge >= 0.3 is 5.63 Å². The van der Waals surface area contributed by atoms with E-state index in [0.717, 1.165) is 37.4 Å².